The molecule has 1 aliphatic rings. The van der Waals surface area contributed by atoms with Crippen molar-refractivity contribution in [3.05, 3.63) is 54.1 Å². The fraction of sp³-hybridized carbons (Fsp3) is 0.318. The van der Waals surface area contributed by atoms with Gasteiger partial charge in [0.25, 0.3) is 0 Å². The molecule has 2 aromatic carbocycles. The number of likely N-dealkylation sites (N-methyl/N-ethyl adjacent to an activating group) is 1. The summed E-state index contributed by atoms with van der Waals surface area (Å²) in [5.74, 6) is -1.23. The van der Waals surface area contributed by atoms with Gasteiger partial charge in [0.05, 0.1) is 35.7 Å². The summed E-state index contributed by atoms with van der Waals surface area (Å²) in [5, 5.41) is 5.03. The van der Waals surface area contributed by atoms with Gasteiger partial charge >= 0.3 is 6.18 Å². The van der Waals surface area contributed by atoms with E-state index in [-0.39, 0.29) is 37.0 Å². The Morgan fingerprint density at radius 1 is 1.12 bits per heavy atom. The third kappa shape index (κ3) is 5.44. The molecule has 0 bridgehead atoms. The van der Waals surface area contributed by atoms with Crippen LogP contribution in [0.25, 0.3) is 0 Å². The van der Waals surface area contributed by atoms with Crippen LogP contribution in [0.5, 0.6) is 0 Å². The average Bonchev–Trinajstić information content (AvgIpc) is 2.81. The Morgan fingerprint density at radius 2 is 1.78 bits per heavy atom. The van der Waals surface area contributed by atoms with Crippen molar-refractivity contribution in [3.8, 4) is 0 Å². The number of hydrogen-bond donors (Lipinski definition) is 2. The van der Waals surface area contributed by atoms with E-state index in [2.05, 4.69) is 10.6 Å². The number of halogens is 3. The standard InChI is InChI=1S/C22H23F3N4O3/c1-14-11-19(30)27-17-9-5-6-10-18(17)29(14)21(32)13-28(2)12-20(31)26-16-8-4-3-7-15(16)22(23,24)25/h3-10,14H,11-13H2,1-2H3,(H,26,31)(H,27,30)/t14-/m1/s1. The van der Waals surface area contributed by atoms with Crippen molar-refractivity contribution in [1.29, 1.82) is 0 Å². The van der Waals surface area contributed by atoms with Gasteiger partial charge in [-0.1, -0.05) is 24.3 Å². The number of nitrogens with one attached hydrogen (secondary N) is 2. The van der Waals surface area contributed by atoms with E-state index >= 15 is 0 Å². The number of fused-ring (bicyclic) bond motifs is 1. The second-order valence-electron chi connectivity index (χ2n) is 7.65. The van der Waals surface area contributed by atoms with Gasteiger partial charge in [-0.25, -0.2) is 0 Å². The maximum Gasteiger partial charge on any atom is 0.418 e. The summed E-state index contributed by atoms with van der Waals surface area (Å²) < 4.78 is 39.4. The van der Waals surface area contributed by atoms with E-state index in [9.17, 15) is 27.6 Å². The van der Waals surface area contributed by atoms with Gasteiger partial charge in [0.1, 0.15) is 0 Å². The van der Waals surface area contributed by atoms with Crippen LogP contribution in [0, 0.1) is 0 Å². The van der Waals surface area contributed by atoms with E-state index < -0.39 is 23.7 Å². The number of para-hydroxylation sites is 3. The Bertz CT molecular complexity index is 1030. The van der Waals surface area contributed by atoms with E-state index in [0.29, 0.717) is 11.4 Å². The molecule has 32 heavy (non-hydrogen) atoms. The van der Waals surface area contributed by atoms with Gasteiger partial charge in [-0.3, -0.25) is 19.3 Å². The van der Waals surface area contributed by atoms with Crippen LogP contribution in [-0.2, 0) is 20.6 Å². The molecule has 3 amide bonds. The predicted octanol–water partition coefficient (Wildman–Crippen LogP) is 3.34. The molecule has 170 valence electrons. The Balaban J connectivity index is 1.68. The van der Waals surface area contributed by atoms with Crippen molar-refractivity contribution in [3.63, 3.8) is 0 Å². The number of carbonyl (C=O) groups excluding carboxylic acids is 3. The van der Waals surface area contributed by atoms with Crippen molar-refractivity contribution >= 4 is 34.8 Å². The number of hydrogen-bond acceptors (Lipinski definition) is 4. The summed E-state index contributed by atoms with van der Waals surface area (Å²) in [5.41, 5.74) is -0.226. The summed E-state index contributed by atoms with van der Waals surface area (Å²) in [6.07, 6.45) is -4.49. The number of nitrogens with zero attached hydrogens (tertiary/aromatic N) is 2. The summed E-state index contributed by atoms with van der Waals surface area (Å²) in [6, 6.07) is 11.2. The first-order valence-corrected chi connectivity index (χ1v) is 9.92. The first kappa shape index (κ1) is 23.3. The lowest BCUT2D eigenvalue weighted by molar-refractivity contribution is -0.137. The molecule has 7 nitrogen and oxygen atoms in total. The summed E-state index contributed by atoms with van der Waals surface area (Å²) in [7, 11) is 1.52. The molecule has 2 N–H and O–H groups in total. The molecule has 1 aliphatic heterocycles. The Kier molecular flexibility index (Phi) is 6.83. The molecule has 0 spiro atoms. The lowest BCUT2D eigenvalue weighted by Crippen LogP contribution is -2.45. The van der Waals surface area contributed by atoms with E-state index in [1.54, 1.807) is 31.2 Å². The van der Waals surface area contributed by atoms with Crippen LogP contribution >= 0.6 is 0 Å². The quantitative estimate of drug-likeness (QED) is 0.735. The van der Waals surface area contributed by atoms with E-state index in [0.717, 1.165) is 6.07 Å². The molecule has 0 saturated heterocycles. The molecule has 1 heterocycles. The number of amides is 3. The van der Waals surface area contributed by atoms with Crippen LogP contribution in [0.4, 0.5) is 30.2 Å². The highest BCUT2D eigenvalue weighted by Crippen LogP contribution is 2.34. The molecule has 0 aliphatic carbocycles. The number of rotatable bonds is 5. The van der Waals surface area contributed by atoms with Gasteiger partial charge in [-0.05, 0) is 38.2 Å². The van der Waals surface area contributed by atoms with Crippen LogP contribution in [0.1, 0.15) is 18.9 Å². The van der Waals surface area contributed by atoms with E-state index in [1.807, 2.05) is 0 Å². The number of alkyl halides is 3. The minimum Gasteiger partial charge on any atom is -0.324 e. The minimum atomic E-state index is -4.60. The van der Waals surface area contributed by atoms with Gasteiger partial charge < -0.3 is 15.5 Å². The minimum absolute atomic E-state index is 0.110. The molecule has 0 fully saturated rings. The lowest BCUT2D eigenvalue weighted by Gasteiger charge is -2.29. The monoisotopic (exact) mass is 448 g/mol. The third-order valence-corrected chi connectivity index (χ3v) is 4.95. The maximum atomic E-state index is 13.1. The zero-order chi connectivity index (χ0) is 23.5. The highest BCUT2D eigenvalue weighted by Gasteiger charge is 2.34. The largest absolute Gasteiger partial charge is 0.418 e. The fourth-order valence-electron chi connectivity index (χ4n) is 3.61. The highest BCUT2D eigenvalue weighted by atomic mass is 19.4. The number of benzene rings is 2. The molecular formula is C22H23F3N4O3. The Hall–Kier alpha value is -3.40. The lowest BCUT2D eigenvalue weighted by atomic mass is 10.1. The molecule has 3 rings (SSSR count). The second kappa shape index (κ2) is 9.39. The molecule has 2 aromatic rings. The number of anilines is 3. The normalized spacial score (nSPS) is 16.2. The molecule has 0 radical (unpaired) electrons. The van der Waals surface area contributed by atoms with E-state index in [4.69, 9.17) is 0 Å². The van der Waals surface area contributed by atoms with Crippen LogP contribution in [-0.4, -0.2) is 48.8 Å². The van der Waals surface area contributed by atoms with Gasteiger partial charge in [0.2, 0.25) is 17.7 Å². The van der Waals surface area contributed by atoms with Crippen LogP contribution in [0.2, 0.25) is 0 Å². The summed E-state index contributed by atoms with van der Waals surface area (Å²) in [4.78, 5) is 40.3. The van der Waals surface area contributed by atoms with Crippen molar-refractivity contribution < 1.29 is 27.6 Å². The smallest absolute Gasteiger partial charge is 0.324 e. The summed E-state index contributed by atoms with van der Waals surface area (Å²) in [6.45, 7) is 1.29. The SMILES string of the molecule is C[C@@H]1CC(=O)Nc2ccccc2N1C(=O)CN(C)CC(=O)Nc1ccccc1C(F)(F)F. The van der Waals surface area contributed by atoms with Gasteiger partial charge in [-0.2, -0.15) is 13.2 Å². The maximum absolute atomic E-state index is 13.1. The molecule has 0 unspecified atom stereocenters. The van der Waals surface area contributed by atoms with Crippen LogP contribution < -0.4 is 15.5 Å². The first-order chi connectivity index (χ1) is 15.1. The Morgan fingerprint density at radius 3 is 2.50 bits per heavy atom. The topological polar surface area (TPSA) is 81.8 Å². The fourth-order valence-corrected chi connectivity index (χ4v) is 3.61. The van der Waals surface area contributed by atoms with Gasteiger partial charge in [-0.15, -0.1) is 0 Å². The van der Waals surface area contributed by atoms with Crippen molar-refractivity contribution in [1.82, 2.24) is 4.90 Å². The number of carbonyl (C=O) groups is 3. The molecule has 0 saturated carbocycles. The Labute approximate surface area is 183 Å². The zero-order valence-electron chi connectivity index (χ0n) is 17.6. The summed E-state index contributed by atoms with van der Waals surface area (Å²) >= 11 is 0. The molecule has 1 atom stereocenters. The van der Waals surface area contributed by atoms with Crippen LogP contribution in [0.3, 0.4) is 0 Å². The third-order valence-electron chi connectivity index (χ3n) is 4.95. The second-order valence-corrected chi connectivity index (χ2v) is 7.65. The van der Waals surface area contributed by atoms with Crippen LogP contribution in [0.15, 0.2) is 48.5 Å². The highest BCUT2D eigenvalue weighted by molar-refractivity contribution is 6.05. The van der Waals surface area contributed by atoms with Gasteiger partial charge in [0, 0.05) is 12.5 Å². The van der Waals surface area contributed by atoms with Crippen molar-refractivity contribution in [2.45, 2.75) is 25.6 Å². The van der Waals surface area contributed by atoms with Gasteiger partial charge in [0.15, 0.2) is 0 Å². The first-order valence-electron chi connectivity index (χ1n) is 9.92. The zero-order valence-corrected chi connectivity index (χ0v) is 17.6. The average molecular weight is 448 g/mol. The van der Waals surface area contributed by atoms with Crippen molar-refractivity contribution in [2.24, 2.45) is 0 Å². The molecular weight excluding hydrogens is 425 g/mol. The van der Waals surface area contributed by atoms with E-state index in [1.165, 1.54) is 35.0 Å². The van der Waals surface area contributed by atoms with Crippen molar-refractivity contribution in [2.75, 3.05) is 35.7 Å². The molecule has 10 heteroatoms. The predicted molar refractivity (Wildman–Crippen MR) is 114 cm³/mol. The molecule has 0 aromatic heterocycles.